The van der Waals surface area contributed by atoms with Gasteiger partial charge >= 0.3 is 6.18 Å². The largest absolute Gasteiger partial charge is 0.417 e. The minimum absolute atomic E-state index is 0.0975. The minimum atomic E-state index is -4.69. The van der Waals surface area contributed by atoms with Gasteiger partial charge in [-0.1, -0.05) is 0 Å². The van der Waals surface area contributed by atoms with Gasteiger partial charge in [-0.3, -0.25) is 4.79 Å². The summed E-state index contributed by atoms with van der Waals surface area (Å²) < 4.78 is 43.4. The molecule has 0 aliphatic rings. The van der Waals surface area contributed by atoms with Crippen molar-refractivity contribution in [2.24, 2.45) is 0 Å². The molecular formula is C13H12ClF3N2O2. The van der Waals surface area contributed by atoms with Crippen LogP contribution < -0.4 is 5.32 Å². The summed E-state index contributed by atoms with van der Waals surface area (Å²) in [4.78, 5) is 11.9. The monoisotopic (exact) mass is 320 g/mol. The van der Waals surface area contributed by atoms with Crippen LogP contribution in [-0.4, -0.2) is 24.5 Å². The molecule has 0 aliphatic carbocycles. The number of benzene rings is 1. The first-order valence-electron chi connectivity index (χ1n) is 5.72. The van der Waals surface area contributed by atoms with E-state index in [9.17, 15) is 18.0 Å². The molecule has 0 fully saturated rings. The Kier molecular flexibility index (Phi) is 5.20. The summed E-state index contributed by atoms with van der Waals surface area (Å²) >= 11 is 5.61. The highest BCUT2D eigenvalue weighted by atomic mass is 35.5. The topological polar surface area (TPSA) is 62.1 Å². The second-order valence-electron chi connectivity index (χ2n) is 4.39. The normalized spacial score (nSPS) is 14.1. The zero-order valence-corrected chi connectivity index (χ0v) is 12.0. The number of carbonyl (C=O) groups excluding carboxylic acids is 1. The number of carbonyl (C=O) groups is 1. The van der Waals surface area contributed by atoms with Crippen molar-refractivity contribution in [3.63, 3.8) is 0 Å². The molecule has 4 nitrogen and oxygen atoms in total. The highest BCUT2D eigenvalue weighted by molar-refractivity contribution is 6.21. The van der Waals surface area contributed by atoms with Gasteiger partial charge in [-0.15, -0.1) is 11.6 Å². The van der Waals surface area contributed by atoms with Crippen LogP contribution in [0.25, 0.3) is 0 Å². The zero-order chi connectivity index (χ0) is 16.3. The van der Waals surface area contributed by atoms with E-state index in [1.807, 2.05) is 0 Å². The number of methoxy groups -OCH3 is 1. The minimum Gasteiger partial charge on any atom is -0.367 e. The average molecular weight is 321 g/mol. The third kappa shape index (κ3) is 3.86. The smallest absolute Gasteiger partial charge is 0.367 e. The summed E-state index contributed by atoms with van der Waals surface area (Å²) in [5.74, 6) is -0.851. The molecule has 0 bridgehead atoms. The lowest BCUT2D eigenvalue weighted by Gasteiger charge is -2.24. The van der Waals surface area contributed by atoms with Crippen LogP contribution in [-0.2, 0) is 15.7 Å². The standard InChI is InChI=1S/C13H12ClF3N2O2/c1-12(7-14,21-2)11(20)19-9-4-3-8(6-18)10(5-9)13(15,16)17/h3-5H,7H2,1-2H3,(H,19,20). The van der Waals surface area contributed by atoms with Crippen molar-refractivity contribution in [3.05, 3.63) is 29.3 Å². The van der Waals surface area contributed by atoms with Crippen molar-refractivity contribution in [3.8, 4) is 6.07 Å². The van der Waals surface area contributed by atoms with Crippen LogP contribution in [0, 0.1) is 11.3 Å². The maximum Gasteiger partial charge on any atom is 0.417 e. The van der Waals surface area contributed by atoms with E-state index in [0.29, 0.717) is 6.07 Å². The molecule has 1 atom stereocenters. The van der Waals surface area contributed by atoms with Gasteiger partial charge in [0, 0.05) is 12.8 Å². The molecule has 1 unspecified atom stereocenters. The summed E-state index contributed by atoms with van der Waals surface area (Å²) in [6.07, 6.45) is -4.69. The Labute approximate surface area is 124 Å². The van der Waals surface area contributed by atoms with Crippen LogP contribution in [0.5, 0.6) is 0 Å². The van der Waals surface area contributed by atoms with Crippen molar-refractivity contribution in [2.45, 2.75) is 18.7 Å². The summed E-state index contributed by atoms with van der Waals surface area (Å²) in [6.45, 7) is 1.41. The van der Waals surface area contributed by atoms with Gasteiger partial charge in [0.15, 0.2) is 5.60 Å². The van der Waals surface area contributed by atoms with E-state index >= 15 is 0 Å². The molecule has 0 spiro atoms. The molecule has 1 amide bonds. The molecule has 0 aliphatic heterocycles. The molecule has 1 aromatic carbocycles. The molecule has 1 aromatic rings. The Balaban J connectivity index is 3.12. The number of alkyl halides is 4. The highest BCUT2D eigenvalue weighted by Gasteiger charge is 2.35. The molecular weight excluding hydrogens is 309 g/mol. The molecule has 114 valence electrons. The molecule has 21 heavy (non-hydrogen) atoms. The van der Waals surface area contributed by atoms with Gasteiger partial charge in [0.2, 0.25) is 0 Å². The second-order valence-corrected chi connectivity index (χ2v) is 4.66. The van der Waals surface area contributed by atoms with Gasteiger partial charge in [-0.05, 0) is 25.1 Å². The van der Waals surface area contributed by atoms with Crippen molar-refractivity contribution in [1.82, 2.24) is 0 Å². The highest BCUT2D eigenvalue weighted by Crippen LogP contribution is 2.33. The molecule has 0 saturated heterocycles. The summed E-state index contributed by atoms with van der Waals surface area (Å²) in [7, 11) is 1.27. The number of halogens is 4. The number of amides is 1. The van der Waals surface area contributed by atoms with Gasteiger partial charge < -0.3 is 10.1 Å². The first-order valence-corrected chi connectivity index (χ1v) is 6.25. The quantitative estimate of drug-likeness (QED) is 0.867. The lowest BCUT2D eigenvalue weighted by molar-refractivity contribution is -0.138. The van der Waals surface area contributed by atoms with Crippen LogP contribution >= 0.6 is 11.6 Å². The Hall–Kier alpha value is -1.78. The third-order valence-corrected chi connectivity index (χ3v) is 3.40. The number of nitrogens with one attached hydrogen (secondary N) is 1. The molecule has 0 heterocycles. The van der Waals surface area contributed by atoms with E-state index in [2.05, 4.69) is 5.32 Å². The first-order chi connectivity index (χ1) is 9.67. The SMILES string of the molecule is COC(C)(CCl)C(=O)Nc1ccc(C#N)c(C(F)(F)F)c1. The van der Waals surface area contributed by atoms with E-state index in [1.54, 1.807) is 0 Å². The van der Waals surface area contributed by atoms with E-state index in [0.717, 1.165) is 6.07 Å². The first kappa shape index (κ1) is 17.3. The Bertz CT molecular complexity index is 578. The van der Waals surface area contributed by atoms with Crippen molar-refractivity contribution in [2.75, 3.05) is 18.3 Å². The summed E-state index contributed by atoms with van der Waals surface area (Å²) in [5.41, 5.74) is -3.10. The van der Waals surface area contributed by atoms with Crippen molar-refractivity contribution >= 4 is 23.2 Å². The predicted molar refractivity (Wildman–Crippen MR) is 70.9 cm³/mol. The van der Waals surface area contributed by atoms with E-state index in [-0.39, 0.29) is 11.6 Å². The van der Waals surface area contributed by atoms with Gasteiger partial charge in [0.1, 0.15) is 0 Å². The van der Waals surface area contributed by atoms with Crippen LogP contribution in [0.3, 0.4) is 0 Å². The number of hydrogen-bond acceptors (Lipinski definition) is 3. The fraction of sp³-hybridized carbons (Fsp3) is 0.385. The number of hydrogen-bond donors (Lipinski definition) is 1. The molecule has 0 saturated carbocycles. The van der Waals surface area contributed by atoms with Crippen molar-refractivity contribution in [1.29, 1.82) is 5.26 Å². The third-order valence-electron chi connectivity index (χ3n) is 2.89. The van der Waals surface area contributed by atoms with Gasteiger partial charge in [-0.25, -0.2) is 0 Å². The van der Waals surface area contributed by atoms with Crippen molar-refractivity contribution < 1.29 is 22.7 Å². The van der Waals surface area contributed by atoms with E-state index in [1.165, 1.54) is 26.2 Å². The number of anilines is 1. The summed E-state index contributed by atoms with van der Waals surface area (Å²) in [5, 5.41) is 11.0. The lowest BCUT2D eigenvalue weighted by Crippen LogP contribution is -2.43. The maximum atomic E-state index is 12.8. The maximum absolute atomic E-state index is 12.8. The average Bonchev–Trinajstić information content (AvgIpc) is 2.45. The second kappa shape index (κ2) is 6.33. The Morgan fingerprint density at radius 2 is 2.10 bits per heavy atom. The fourth-order valence-electron chi connectivity index (χ4n) is 1.43. The van der Waals surface area contributed by atoms with Gasteiger partial charge in [0.05, 0.1) is 23.1 Å². The molecule has 1 N–H and O–H groups in total. The molecule has 8 heteroatoms. The van der Waals surface area contributed by atoms with Gasteiger partial charge in [0.25, 0.3) is 5.91 Å². The van der Waals surface area contributed by atoms with Crippen LogP contribution in [0.15, 0.2) is 18.2 Å². The van der Waals surface area contributed by atoms with E-state index < -0.39 is 28.8 Å². The molecule has 0 aromatic heterocycles. The number of ether oxygens (including phenoxy) is 1. The Morgan fingerprint density at radius 1 is 1.48 bits per heavy atom. The Morgan fingerprint density at radius 3 is 2.52 bits per heavy atom. The van der Waals surface area contributed by atoms with Crippen LogP contribution in [0.4, 0.5) is 18.9 Å². The lowest BCUT2D eigenvalue weighted by atomic mass is 10.1. The molecule has 0 radical (unpaired) electrons. The predicted octanol–water partition coefficient (Wildman–Crippen LogP) is 3.16. The number of nitrogens with zero attached hydrogens (tertiary/aromatic N) is 1. The summed E-state index contributed by atoms with van der Waals surface area (Å²) in [6, 6.07) is 4.35. The fourth-order valence-corrected chi connectivity index (χ4v) is 1.66. The number of rotatable bonds is 4. The molecule has 1 rings (SSSR count). The zero-order valence-electron chi connectivity index (χ0n) is 11.2. The van der Waals surface area contributed by atoms with E-state index in [4.69, 9.17) is 21.6 Å². The van der Waals surface area contributed by atoms with Crippen LogP contribution in [0.1, 0.15) is 18.1 Å². The van der Waals surface area contributed by atoms with Gasteiger partial charge in [-0.2, -0.15) is 18.4 Å². The number of nitriles is 1. The van der Waals surface area contributed by atoms with Crippen LogP contribution in [0.2, 0.25) is 0 Å².